The Kier molecular flexibility index (Phi) is 14.5. The molecule has 3 saturated heterocycles. The van der Waals surface area contributed by atoms with Crippen LogP contribution in [0.1, 0.15) is 139 Å². The fourth-order valence-electron chi connectivity index (χ4n) is 10.3. The number of benzene rings is 3. The number of imidazole rings is 1. The Labute approximate surface area is 405 Å². The van der Waals surface area contributed by atoms with E-state index in [1.807, 2.05) is 38.8 Å². The van der Waals surface area contributed by atoms with Crippen LogP contribution < -0.4 is 15.5 Å². The molecule has 3 aliphatic heterocycles. The molecule has 3 aliphatic rings. The molecule has 3 fully saturated rings. The van der Waals surface area contributed by atoms with E-state index in [-0.39, 0.29) is 53.2 Å². The first-order valence-corrected chi connectivity index (χ1v) is 24.4. The highest BCUT2D eigenvalue weighted by atomic mass is 16.5. The summed E-state index contributed by atoms with van der Waals surface area (Å²) in [6, 6.07) is 24.6. The maximum absolute atomic E-state index is 13.7. The lowest BCUT2D eigenvalue weighted by atomic mass is 9.87. The van der Waals surface area contributed by atoms with Gasteiger partial charge in [0.25, 0.3) is 0 Å². The number of ether oxygens (including phenoxy) is 2. The van der Waals surface area contributed by atoms with Crippen LogP contribution in [0.5, 0.6) is 0 Å². The average molecular weight is 941 g/mol. The summed E-state index contributed by atoms with van der Waals surface area (Å²) < 4.78 is 9.61. The third kappa shape index (κ3) is 10.3. The van der Waals surface area contributed by atoms with Gasteiger partial charge in [-0.3, -0.25) is 9.59 Å². The molecule has 16 heteroatoms. The first-order chi connectivity index (χ1) is 33.1. The van der Waals surface area contributed by atoms with Crippen LogP contribution in [0.2, 0.25) is 0 Å². The highest BCUT2D eigenvalue weighted by molar-refractivity contribution is 5.87. The number of nitrogens with zero attached hydrogens (tertiary/aromatic N) is 6. The molecule has 0 unspecified atom stereocenters. The van der Waals surface area contributed by atoms with E-state index in [4.69, 9.17) is 14.5 Å². The number of nitrogens with one attached hydrogen (secondary N) is 4. The lowest BCUT2D eigenvalue weighted by Crippen LogP contribution is -2.51. The third-order valence-corrected chi connectivity index (χ3v) is 14.2. The number of hydrogen-bond donors (Lipinski definition) is 4. The minimum atomic E-state index is -0.715. The summed E-state index contributed by atoms with van der Waals surface area (Å²) in [5.74, 6) is 1.45. The molecule has 4 N–H and O–H groups in total. The molecule has 8 rings (SSSR count). The summed E-state index contributed by atoms with van der Waals surface area (Å²) in [5, 5.41) is 14.5. The number of anilines is 1. The van der Waals surface area contributed by atoms with Crippen LogP contribution in [0.15, 0.2) is 79.0 Å². The topological polar surface area (TPSA) is 191 Å². The van der Waals surface area contributed by atoms with Crippen molar-refractivity contribution in [3.8, 4) is 22.6 Å². The summed E-state index contributed by atoms with van der Waals surface area (Å²) in [7, 11) is 2.59. The Balaban J connectivity index is 1.00. The Morgan fingerprint density at radius 1 is 0.638 bits per heavy atom. The van der Waals surface area contributed by atoms with Gasteiger partial charge in [0.15, 0.2) is 11.6 Å². The van der Waals surface area contributed by atoms with Crippen molar-refractivity contribution in [2.45, 2.75) is 129 Å². The van der Waals surface area contributed by atoms with Gasteiger partial charge >= 0.3 is 12.2 Å². The zero-order valence-electron chi connectivity index (χ0n) is 41.4. The molecule has 0 radical (unpaired) electrons. The largest absolute Gasteiger partial charge is 0.453 e. The second-order valence-corrected chi connectivity index (χ2v) is 20.4. The number of aromatic nitrogens is 5. The molecule has 16 nitrogen and oxygen atoms in total. The van der Waals surface area contributed by atoms with Crippen LogP contribution in [0.3, 0.4) is 0 Å². The molecule has 5 aromatic rings. The van der Waals surface area contributed by atoms with Crippen molar-refractivity contribution >= 4 is 29.7 Å². The number of aromatic amines is 2. The Morgan fingerprint density at radius 3 is 1.61 bits per heavy atom. The van der Waals surface area contributed by atoms with Gasteiger partial charge < -0.3 is 44.8 Å². The molecular weight excluding hydrogens is 873 g/mol. The molecule has 0 bridgehead atoms. The van der Waals surface area contributed by atoms with E-state index in [0.29, 0.717) is 24.7 Å². The van der Waals surface area contributed by atoms with Gasteiger partial charge in [-0.1, -0.05) is 109 Å². The van der Waals surface area contributed by atoms with Crippen molar-refractivity contribution in [3.05, 3.63) is 107 Å². The number of hydrogen-bond acceptors (Lipinski definition) is 10. The summed E-state index contributed by atoms with van der Waals surface area (Å²) in [6.07, 6.45) is 5.76. The van der Waals surface area contributed by atoms with E-state index in [1.165, 1.54) is 30.9 Å². The number of alkyl carbamates (subject to hydrolysis) is 2. The smallest absolute Gasteiger partial charge is 0.407 e. The molecule has 3 aromatic carbocycles. The summed E-state index contributed by atoms with van der Waals surface area (Å²) in [6.45, 7) is 15.5. The van der Waals surface area contributed by atoms with Crippen LogP contribution in [-0.2, 0) is 24.5 Å². The van der Waals surface area contributed by atoms with Crippen molar-refractivity contribution in [1.29, 1.82) is 0 Å². The van der Waals surface area contributed by atoms with Crippen molar-refractivity contribution < 1.29 is 28.7 Å². The normalized spacial score (nSPS) is 20.4. The fourth-order valence-corrected chi connectivity index (χ4v) is 10.3. The third-order valence-electron chi connectivity index (χ3n) is 14.2. The number of likely N-dealkylation sites (tertiary alicyclic amines) is 2. The Bertz CT molecular complexity index is 2430. The fraction of sp³-hybridized carbons (Fsp3) is 0.491. The molecule has 0 saturated carbocycles. The van der Waals surface area contributed by atoms with Gasteiger partial charge in [-0.2, -0.15) is 0 Å². The molecule has 4 amide bonds. The maximum atomic E-state index is 13.7. The van der Waals surface area contributed by atoms with E-state index < -0.39 is 24.3 Å². The lowest BCUT2D eigenvalue weighted by molar-refractivity contribution is -0.136. The van der Waals surface area contributed by atoms with Crippen LogP contribution in [0.4, 0.5) is 15.3 Å². The number of amides is 4. The monoisotopic (exact) mass is 941 g/mol. The Hall–Kier alpha value is -6.71. The molecule has 69 heavy (non-hydrogen) atoms. The van der Waals surface area contributed by atoms with Gasteiger partial charge in [-0.25, -0.2) is 14.6 Å². The van der Waals surface area contributed by atoms with Crippen molar-refractivity contribution in [2.75, 3.05) is 32.2 Å². The van der Waals surface area contributed by atoms with Gasteiger partial charge in [0.1, 0.15) is 17.9 Å². The second kappa shape index (κ2) is 20.5. The van der Waals surface area contributed by atoms with Crippen molar-refractivity contribution in [1.82, 2.24) is 45.6 Å². The first-order valence-electron chi connectivity index (χ1n) is 24.4. The minimum absolute atomic E-state index is 0.0221. The lowest BCUT2D eigenvalue weighted by Gasteiger charge is -2.34. The number of rotatable bonds is 13. The SMILES string of the molecule is COC(=O)N[C@H](C(=O)N1CCC[C@H]1c1nc(-c2ccc([C@@H]3CC[C@@H](c4ccc(-c5nnc([C@@H]6CCCN6C(=O)[C@@H](NC(=O)OC)C(C)C)[nH]5)cc4)N3c3ccc(C(C)(C)C)cc3)cc2)c[nH]1)C(C)C. The van der Waals surface area contributed by atoms with E-state index >= 15 is 0 Å². The number of carbonyl (C=O) groups excluding carboxylic acids is 4. The summed E-state index contributed by atoms with van der Waals surface area (Å²) in [4.78, 5) is 69.7. The summed E-state index contributed by atoms with van der Waals surface area (Å²) in [5.41, 5.74) is 7.57. The average Bonchev–Trinajstić information content (AvgIpc) is 4.21. The molecule has 6 atom stereocenters. The predicted molar refractivity (Wildman–Crippen MR) is 264 cm³/mol. The van der Waals surface area contributed by atoms with Crippen LogP contribution in [0.25, 0.3) is 22.6 Å². The van der Waals surface area contributed by atoms with Gasteiger partial charge in [0, 0.05) is 36.1 Å². The zero-order chi connectivity index (χ0) is 49.1. The molecular formula is C53H68N10O6. The molecule has 2 aromatic heterocycles. The van der Waals surface area contributed by atoms with Gasteiger partial charge in [-0.15, -0.1) is 10.2 Å². The zero-order valence-corrected chi connectivity index (χ0v) is 41.4. The van der Waals surface area contributed by atoms with Gasteiger partial charge in [-0.05, 0) is 84.6 Å². The quantitative estimate of drug-likeness (QED) is 0.0885. The molecule has 0 aliphatic carbocycles. The molecule has 366 valence electrons. The number of H-pyrrole nitrogens is 2. The standard InChI is InChI=1S/C53H68N10O6/c1-31(2)44(56-51(66)68-8)49(64)61-28-10-12-42(61)47-54-30-39(55-47)33-14-16-34(17-15-33)40-26-27-41(63(40)38-24-22-37(23-25-38)53(5,6)7)35-18-20-36(21-19-35)46-58-48(60-59-46)43-13-11-29-62(43)50(65)45(32(3)4)57-52(67)69-9/h14-25,30-32,40-45H,10-13,26-29H2,1-9H3,(H,54,55)(H,56,66)(H,57,67)(H,58,59,60)/t40-,41-,42-,43-,44-,45-/m0/s1. The predicted octanol–water partition coefficient (Wildman–Crippen LogP) is 9.33. The van der Waals surface area contributed by atoms with Gasteiger partial charge in [0.2, 0.25) is 11.8 Å². The van der Waals surface area contributed by atoms with Gasteiger partial charge in [0.05, 0.1) is 44.1 Å². The maximum Gasteiger partial charge on any atom is 0.407 e. The molecule has 0 spiro atoms. The van der Waals surface area contributed by atoms with Crippen molar-refractivity contribution in [3.63, 3.8) is 0 Å². The summed E-state index contributed by atoms with van der Waals surface area (Å²) >= 11 is 0. The van der Waals surface area contributed by atoms with Crippen LogP contribution >= 0.6 is 0 Å². The highest BCUT2D eigenvalue weighted by Gasteiger charge is 2.40. The van der Waals surface area contributed by atoms with Crippen LogP contribution in [0, 0.1) is 11.8 Å². The van der Waals surface area contributed by atoms with E-state index in [2.05, 4.69) is 129 Å². The van der Waals surface area contributed by atoms with E-state index in [1.54, 1.807) is 4.90 Å². The number of carbonyl (C=O) groups is 4. The van der Waals surface area contributed by atoms with E-state index in [0.717, 1.165) is 66.9 Å². The van der Waals surface area contributed by atoms with Crippen LogP contribution in [-0.4, -0.2) is 98.3 Å². The van der Waals surface area contributed by atoms with E-state index in [9.17, 15) is 19.2 Å². The highest BCUT2D eigenvalue weighted by Crippen LogP contribution is 2.48. The first kappa shape index (κ1) is 48.7. The Morgan fingerprint density at radius 2 is 1.13 bits per heavy atom. The number of methoxy groups -OCH3 is 2. The second-order valence-electron chi connectivity index (χ2n) is 20.4. The minimum Gasteiger partial charge on any atom is -0.453 e. The van der Waals surface area contributed by atoms with Crippen molar-refractivity contribution in [2.24, 2.45) is 11.8 Å². The molecule has 5 heterocycles.